The van der Waals surface area contributed by atoms with E-state index in [1.165, 1.54) is 24.3 Å². The van der Waals surface area contributed by atoms with Crippen LogP contribution in [-0.2, 0) is 9.59 Å². The third-order valence-electron chi connectivity index (χ3n) is 3.28. The molecule has 0 aromatic heterocycles. The van der Waals surface area contributed by atoms with Gasteiger partial charge in [0.05, 0.1) is 13.5 Å². The van der Waals surface area contributed by atoms with Crippen LogP contribution in [0.15, 0.2) is 60.7 Å². The Balaban J connectivity index is 1.87. The highest BCUT2D eigenvalue weighted by Crippen LogP contribution is 2.13. The summed E-state index contributed by atoms with van der Waals surface area (Å²) in [6.07, 6.45) is 5.86. The molecule has 4 heteroatoms. The van der Waals surface area contributed by atoms with Crippen molar-refractivity contribution in [3.05, 3.63) is 71.8 Å². The Labute approximate surface area is 140 Å². The number of ketones is 2. The van der Waals surface area contributed by atoms with Crippen LogP contribution in [0.2, 0.25) is 0 Å². The third kappa shape index (κ3) is 5.57. The summed E-state index contributed by atoms with van der Waals surface area (Å²) in [4.78, 5) is 23.6. The predicted octanol–water partition coefficient (Wildman–Crippen LogP) is 3.66. The molecule has 0 bridgehead atoms. The number of carbonyl (C=O) groups excluding carboxylic acids is 2. The van der Waals surface area contributed by atoms with Gasteiger partial charge in [-0.25, -0.2) is 0 Å². The second-order valence-electron chi connectivity index (χ2n) is 5.14. The van der Waals surface area contributed by atoms with Crippen molar-refractivity contribution in [2.75, 3.05) is 7.11 Å². The van der Waals surface area contributed by atoms with Crippen molar-refractivity contribution in [1.82, 2.24) is 0 Å². The molecule has 0 aliphatic heterocycles. The smallest absolute Gasteiger partial charge is 0.163 e. The number of phenols is 1. The molecule has 0 amide bonds. The maximum Gasteiger partial charge on any atom is 0.163 e. The number of rotatable bonds is 7. The van der Waals surface area contributed by atoms with Crippen molar-refractivity contribution in [2.45, 2.75) is 6.42 Å². The Morgan fingerprint density at radius 2 is 1.33 bits per heavy atom. The monoisotopic (exact) mass is 322 g/mol. The molecule has 0 fully saturated rings. The summed E-state index contributed by atoms with van der Waals surface area (Å²) in [6, 6.07) is 13.7. The Hall–Kier alpha value is -3.14. The van der Waals surface area contributed by atoms with Crippen molar-refractivity contribution < 1.29 is 19.4 Å². The maximum atomic E-state index is 11.8. The second kappa shape index (κ2) is 8.48. The van der Waals surface area contributed by atoms with Crippen LogP contribution >= 0.6 is 0 Å². The quantitative estimate of drug-likeness (QED) is 0.624. The molecule has 0 aliphatic carbocycles. The van der Waals surface area contributed by atoms with Gasteiger partial charge in [0.25, 0.3) is 0 Å². The molecule has 0 spiro atoms. The van der Waals surface area contributed by atoms with Gasteiger partial charge in [-0.15, -0.1) is 0 Å². The van der Waals surface area contributed by atoms with Crippen molar-refractivity contribution in [3.8, 4) is 11.5 Å². The molecular weight excluding hydrogens is 304 g/mol. The maximum absolute atomic E-state index is 11.8. The van der Waals surface area contributed by atoms with E-state index in [2.05, 4.69) is 0 Å². The highest BCUT2D eigenvalue weighted by molar-refractivity contribution is 6.10. The van der Waals surface area contributed by atoms with Crippen molar-refractivity contribution in [3.63, 3.8) is 0 Å². The first-order valence-corrected chi connectivity index (χ1v) is 7.42. The Morgan fingerprint density at radius 3 is 1.79 bits per heavy atom. The van der Waals surface area contributed by atoms with Gasteiger partial charge in [-0.1, -0.05) is 36.4 Å². The molecule has 0 unspecified atom stereocenters. The molecule has 0 aliphatic rings. The van der Waals surface area contributed by atoms with Crippen LogP contribution in [0.1, 0.15) is 17.5 Å². The van der Waals surface area contributed by atoms with Gasteiger partial charge in [-0.3, -0.25) is 9.59 Å². The van der Waals surface area contributed by atoms with Crippen LogP contribution < -0.4 is 4.74 Å². The minimum atomic E-state index is -0.271. The van der Waals surface area contributed by atoms with Crippen molar-refractivity contribution in [1.29, 1.82) is 0 Å². The Kier molecular flexibility index (Phi) is 6.08. The lowest BCUT2D eigenvalue weighted by Crippen LogP contribution is -2.01. The zero-order chi connectivity index (χ0) is 17.4. The van der Waals surface area contributed by atoms with Gasteiger partial charge in [0.1, 0.15) is 11.5 Å². The molecule has 2 rings (SSSR count). The molecule has 0 atom stereocenters. The Morgan fingerprint density at radius 1 is 0.875 bits per heavy atom. The predicted molar refractivity (Wildman–Crippen MR) is 93.8 cm³/mol. The van der Waals surface area contributed by atoms with Crippen molar-refractivity contribution in [2.24, 2.45) is 0 Å². The number of methoxy groups -OCH3 is 1. The largest absolute Gasteiger partial charge is 0.508 e. The highest BCUT2D eigenvalue weighted by Gasteiger charge is 2.03. The lowest BCUT2D eigenvalue weighted by Gasteiger charge is -1.98. The minimum Gasteiger partial charge on any atom is -0.508 e. The number of phenolic OH excluding ortho intramolecular Hbond substituents is 1. The van der Waals surface area contributed by atoms with E-state index in [0.717, 1.165) is 16.9 Å². The van der Waals surface area contributed by atoms with E-state index in [4.69, 9.17) is 4.74 Å². The van der Waals surface area contributed by atoms with Gasteiger partial charge < -0.3 is 9.84 Å². The summed E-state index contributed by atoms with van der Waals surface area (Å²) in [5.74, 6) is 0.379. The normalized spacial score (nSPS) is 11.0. The molecule has 2 aromatic rings. The van der Waals surface area contributed by atoms with E-state index >= 15 is 0 Å². The van der Waals surface area contributed by atoms with Gasteiger partial charge in [-0.2, -0.15) is 0 Å². The summed E-state index contributed by atoms with van der Waals surface area (Å²) >= 11 is 0. The molecule has 0 heterocycles. The molecule has 122 valence electrons. The molecule has 1 N–H and O–H groups in total. The number of hydrogen-bond acceptors (Lipinski definition) is 4. The molecule has 0 radical (unpaired) electrons. The van der Waals surface area contributed by atoms with Gasteiger partial charge in [0.15, 0.2) is 11.6 Å². The van der Waals surface area contributed by atoms with E-state index in [-0.39, 0.29) is 23.7 Å². The van der Waals surface area contributed by atoms with Crippen LogP contribution in [0, 0.1) is 0 Å². The first kappa shape index (κ1) is 17.2. The molecule has 0 saturated carbocycles. The number of ether oxygens (including phenoxy) is 1. The molecule has 2 aromatic carbocycles. The zero-order valence-corrected chi connectivity index (χ0v) is 13.3. The van der Waals surface area contributed by atoms with Crippen molar-refractivity contribution >= 4 is 23.7 Å². The fourth-order valence-corrected chi connectivity index (χ4v) is 1.97. The van der Waals surface area contributed by atoms with E-state index in [0.29, 0.717) is 0 Å². The number of carbonyl (C=O) groups is 2. The van der Waals surface area contributed by atoms with E-state index < -0.39 is 0 Å². The standard InChI is InChI=1S/C20H18O4/c1-24-20-12-6-16(7-13-20)5-11-19(23)14-18(22)10-4-15-2-8-17(21)9-3-15/h2-13,21H,14H2,1H3/b10-4+,11-5+. The van der Waals surface area contributed by atoms with E-state index in [1.54, 1.807) is 43.5 Å². The number of hydrogen-bond donors (Lipinski definition) is 1. The van der Waals surface area contributed by atoms with Gasteiger partial charge in [0, 0.05) is 0 Å². The molecule has 4 nitrogen and oxygen atoms in total. The second-order valence-corrected chi connectivity index (χ2v) is 5.14. The van der Waals surface area contributed by atoms with E-state index in [9.17, 15) is 14.7 Å². The van der Waals surface area contributed by atoms with Gasteiger partial charge in [-0.05, 0) is 47.5 Å². The number of allylic oxidation sites excluding steroid dienone is 2. The fourth-order valence-electron chi connectivity index (χ4n) is 1.97. The van der Waals surface area contributed by atoms with Crippen LogP contribution in [0.4, 0.5) is 0 Å². The SMILES string of the molecule is COc1ccc(/C=C/C(=O)CC(=O)/C=C/c2ccc(O)cc2)cc1. The fraction of sp³-hybridized carbons (Fsp3) is 0.100. The zero-order valence-electron chi connectivity index (χ0n) is 13.3. The summed E-state index contributed by atoms with van der Waals surface area (Å²) in [5, 5.41) is 9.19. The van der Waals surface area contributed by atoms with Crippen LogP contribution in [0.5, 0.6) is 11.5 Å². The topological polar surface area (TPSA) is 63.6 Å². The average molecular weight is 322 g/mol. The first-order chi connectivity index (χ1) is 11.6. The van der Waals surface area contributed by atoms with Gasteiger partial charge >= 0.3 is 0 Å². The van der Waals surface area contributed by atoms with E-state index in [1.807, 2.05) is 12.1 Å². The Bertz CT molecular complexity index is 753. The number of benzene rings is 2. The molecule has 24 heavy (non-hydrogen) atoms. The van der Waals surface area contributed by atoms with Gasteiger partial charge in [0.2, 0.25) is 0 Å². The summed E-state index contributed by atoms with van der Waals surface area (Å²) < 4.78 is 5.06. The van der Waals surface area contributed by atoms with Crippen LogP contribution in [0.3, 0.4) is 0 Å². The molecular formula is C20H18O4. The lowest BCUT2D eigenvalue weighted by molar-refractivity contribution is -0.121. The first-order valence-electron chi connectivity index (χ1n) is 7.42. The highest BCUT2D eigenvalue weighted by atomic mass is 16.5. The third-order valence-corrected chi connectivity index (χ3v) is 3.28. The average Bonchev–Trinajstić information content (AvgIpc) is 2.60. The summed E-state index contributed by atoms with van der Waals surface area (Å²) in [7, 11) is 1.59. The minimum absolute atomic E-state index is 0.164. The van der Waals surface area contributed by atoms with Crippen LogP contribution in [0.25, 0.3) is 12.2 Å². The summed E-state index contributed by atoms with van der Waals surface area (Å²) in [5.41, 5.74) is 1.64. The summed E-state index contributed by atoms with van der Waals surface area (Å²) in [6.45, 7) is 0. The number of aromatic hydroxyl groups is 1. The van der Waals surface area contributed by atoms with Crippen LogP contribution in [-0.4, -0.2) is 23.8 Å². The molecule has 0 saturated heterocycles. The lowest BCUT2D eigenvalue weighted by atomic mass is 10.1.